The minimum Gasteiger partial charge on any atom is -1.00 e. The smallest absolute Gasteiger partial charge is 1.00 e. The number of rotatable bonds is 5. The molecule has 0 unspecified atom stereocenters. The van der Waals surface area contributed by atoms with Crippen LogP contribution in [0.2, 0.25) is 6.04 Å². The van der Waals surface area contributed by atoms with Gasteiger partial charge >= 0.3 is 26.2 Å². The maximum Gasteiger partial charge on any atom is 4.00 e. The first-order valence-electron chi connectivity index (χ1n) is 8.55. The van der Waals surface area contributed by atoms with E-state index in [2.05, 4.69) is 97.1 Å². The minimum absolute atomic E-state index is 0. The molecule has 0 amide bonds. The van der Waals surface area contributed by atoms with Gasteiger partial charge in [0.2, 0.25) is 0 Å². The molecular formula is C23H20Cl2SiZr. The average molecular weight is 487 g/mol. The Morgan fingerprint density at radius 3 is 1.67 bits per heavy atom. The number of hydrogen-bond donors (Lipinski definition) is 0. The Balaban J connectivity index is 0.00000121. The normalized spacial score (nSPS) is 14.5. The van der Waals surface area contributed by atoms with Gasteiger partial charge in [0.05, 0.1) is 0 Å². The molecule has 27 heavy (non-hydrogen) atoms. The van der Waals surface area contributed by atoms with Crippen LogP contribution in [0.25, 0.3) is 0 Å². The molecule has 2 aliphatic carbocycles. The molecule has 0 spiro atoms. The van der Waals surface area contributed by atoms with Crippen molar-refractivity contribution in [2.45, 2.75) is 18.9 Å². The molecule has 4 heteroatoms. The molecule has 0 heterocycles. The molecule has 134 valence electrons. The van der Waals surface area contributed by atoms with Crippen molar-refractivity contribution in [1.82, 2.24) is 0 Å². The Morgan fingerprint density at radius 2 is 1.22 bits per heavy atom. The average Bonchev–Trinajstić information content (AvgIpc) is 3.35. The summed E-state index contributed by atoms with van der Waals surface area (Å²) in [6.45, 7) is 0. The van der Waals surface area contributed by atoms with E-state index in [0.717, 1.165) is 18.9 Å². The largest absolute Gasteiger partial charge is 4.00 e. The summed E-state index contributed by atoms with van der Waals surface area (Å²) in [5, 5.41) is 4.33. The zero-order chi connectivity index (χ0) is 16.2. The van der Waals surface area contributed by atoms with E-state index < -0.39 is 8.07 Å². The summed E-state index contributed by atoms with van der Waals surface area (Å²) in [6, 6.07) is 23.2. The van der Waals surface area contributed by atoms with E-state index in [1.165, 1.54) is 21.1 Å². The molecule has 0 saturated heterocycles. The van der Waals surface area contributed by atoms with Gasteiger partial charge in [0.25, 0.3) is 0 Å². The van der Waals surface area contributed by atoms with Gasteiger partial charge in [-0.2, -0.15) is 12.2 Å². The van der Waals surface area contributed by atoms with Crippen LogP contribution in [-0.4, -0.2) is 8.07 Å². The van der Waals surface area contributed by atoms with Gasteiger partial charge in [-0.05, 0) is 0 Å². The second kappa shape index (κ2) is 11.2. The van der Waals surface area contributed by atoms with Crippen molar-refractivity contribution >= 4 is 18.4 Å². The second-order valence-corrected chi connectivity index (χ2v) is 10.2. The summed E-state index contributed by atoms with van der Waals surface area (Å²) in [4.78, 5) is 0. The van der Waals surface area contributed by atoms with Crippen LogP contribution in [0.15, 0.2) is 95.7 Å². The second-order valence-electron chi connectivity index (χ2n) is 6.32. The van der Waals surface area contributed by atoms with E-state index in [0.29, 0.717) is 0 Å². The molecule has 0 bridgehead atoms. The third kappa shape index (κ3) is 4.93. The fourth-order valence-corrected chi connectivity index (χ4v) is 8.47. The zero-order valence-electron chi connectivity index (χ0n) is 15.0. The number of allylic oxidation sites excluding steroid dienone is 8. The molecule has 0 radical (unpaired) electrons. The minimum atomic E-state index is -2.11. The van der Waals surface area contributed by atoms with Gasteiger partial charge in [-0.1, -0.05) is 77.1 Å². The van der Waals surface area contributed by atoms with Crippen molar-refractivity contribution in [1.29, 1.82) is 0 Å². The summed E-state index contributed by atoms with van der Waals surface area (Å²) in [5.41, 5.74) is 1.35. The Kier molecular flexibility index (Phi) is 9.98. The van der Waals surface area contributed by atoms with Crippen molar-refractivity contribution in [3.8, 4) is 0 Å². The summed E-state index contributed by atoms with van der Waals surface area (Å²) < 4.78 is 0. The van der Waals surface area contributed by atoms with E-state index in [9.17, 15) is 0 Å². The first kappa shape index (κ1) is 24.1. The van der Waals surface area contributed by atoms with E-state index >= 15 is 0 Å². The van der Waals surface area contributed by atoms with E-state index in [1.54, 1.807) is 0 Å². The molecule has 0 fully saturated rings. The molecular weight excluding hydrogens is 466 g/mol. The standard InChI is InChI=1S/C23H20Si.2ClH.Zr/c1-3-13-21(14-4-1)24(23-17-9-10-18-23,19-20-11-7-8-12-20)22-15-5-2-6-16-22;;;/h1-7,9,11,13-17H,8,10,19H2;2*1H;/q-2;;;+4/p-2. The summed E-state index contributed by atoms with van der Waals surface area (Å²) >= 11 is 0. The molecule has 2 aliphatic rings. The molecule has 0 N–H and O–H groups in total. The Bertz CT molecular complexity index is 800. The quantitative estimate of drug-likeness (QED) is 0.345. The zero-order valence-corrected chi connectivity index (χ0v) is 19.9. The van der Waals surface area contributed by atoms with Crippen molar-refractivity contribution in [3.63, 3.8) is 0 Å². The molecule has 0 saturated carbocycles. The van der Waals surface area contributed by atoms with Crippen molar-refractivity contribution < 1.29 is 51.0 Å². The fourth-order valence-electron chi connectivity index (χ4n) is 3.78. The molecule has 0 atom stereocenters. The molecule has 0 aliphatic heterocycles. The van der Waals surface area contributed by atoms with Crippen LogP contribution in [0.1, 0.15) is 12.8 Å². The van der Waals surface area contributed by atoms with Gasteiger partial charge in [0.15, 0.2) is 0 Å². The van der Waals surface area contributed by atoms with Crippen LogP contribution in [0.5, 0.6) is 0 Å². The number of hydrogen-bond acceptors (Lipinski definition) is 0. The van der Waals surface area contributed by atoms with E-state index in [1.807, 2.05) is 0 Å². The van der Waals surface area contributed by atoms with E-state index in [4.69, 9.17) is 0 Å². The van der Waals surface area contributed by atoms with Gasteiger partial charge in [0.1, 0.15) is 8.07 Å². The van der Waals surface area contributed by atoms with Crippen LogP contribution in [0.3, 0.4) is 0 Å². The van der Waals surface area contributed by atoms with Gasteiger partial charge < -0.3 is 24.8 Å². The number of benzene rings is 2. The van der Waals surface area contributed by atoms with Crippen LogP contribution < -0.4 is 35.2 Å². The molecule has 2 aromatic rings. The third-order valence-electron chi connectivity index (χ3n) is 4.91. The Labute approximate surface area is 195 Å². The van der Waals surface area contributed by atoms with Crippen molar-refractivity contribution in [3.05, 3.63) is 108 Å². The molecule has 4 rings (SSSR count). The van der Waals surface area contributed by atoms with Crippen LogP contribution in [0, 0.1) is 12.2 Å². The van der Waals surface area contributed by atoms with Gasteiger partial charge in [-0.15, -0.1) is 12.8 Å². The van der Waals surface area contributed by atoms with E-state index in [-0.39, 0.29) is 51.0 Å². The van der Waals surface area contributed by atoms with Crippen LogP contribution in [-0.2, 0) is 26.2 Å². The summed E-state index contributed by atoms with van der Waals surface area (Å²) in [6.07, 6.45) is 18.1. The van der Waals surface area contributed by atoms with Crippen LogP contribution in [0.4, 0.5) is 0 Å². The molecule has 0 aromatic heterocycles. The van der Waals surface area contributed by atoms with Gasteiger partial charge in [-0.3, -0.25) is 12.2 Å². The van der Waals surface area contributed by atoms with Crippen LogP contribution >= 0.6 is 0 Å². The fraction of sp³-hybridized carbons (Fsp3) is 0.130. The maximum atomic E-state index is 3.67. The molecule has 2 aromatic carbocycles. The van der Waals surface area contributed by atoms with Crippen molar-refractivity contribution in [2.24, 2.45) is 0 Å². The monoisotopic (exact) mass is 484 g/mol. The Hall–Kier alpha value is -0.920. The van der Waals surface area contributed by atoms with Gasteiger partial charge in [0, 0.05) is 0 Å². The molecule has 0 nitrogen and oxygen atoms in total. The predicted molar refractivity (Wildman–Crippen MR) is 104 cm³/mol. The Morgan fingerprint density at radius 1 is 0.704 bits per heavy atom. The van der Waals surface area contributed by atoms with Crippen molar-refractivity contribution in [2.75, 3.05) is 0 Å². The third-order valence-corrected chi connectivity index (χ3v) is 9.72. The van der Waals surface area contributed by atoms with Gasteiger partial charge in [-0.25, -0.2) is 22.9 Å². The summed E-state index contributed by atoms with van der Waals surface area (Å²) in [7, 11) is -2.11. The predicted octanol–water partition coefficient (Wildman–Crippen LogP) is -1.83. The number of halogens is 2. The first-order valence-corrected chi connectivity index (χ1v) is 10.8. The SMILES string of the molecule is [C-]1=C(C[Si](C2=[C-]CC=C2)(c2ccccc2)c2ccccc2)C=CC1.[Cl-].[Cl-].[Zr+4]. The topological polar surface area (TPSA) is 0 Å². The first-order chi connectivity index (χ1) is 11.9. The maximum absolute atomic E-state index is 3.67. The summed E-state index contributed by atoms with van der Waals surface area (Å²) in [5.74, 6) is 0.